The van der Waals surface area contributed by atoms with E-state index < -0.39 is 6.10 Å². The number of aliphatic hydroxyl groups excluding tert-OH is 1. The Morgan fingerprint density at radius 1 is 1.47 bits per heavy atom. The monoisotopic (exact) mass is 231 g/mol. The molecule has 0 spiro atoms. The Hall–Kier alpha value is -1.39. The van der Waals surface area contributed by atoms with E-state index in [0.717, 1.165) is 16.6 Å². The molecular formula is C13H17N3O. The molecule has 2 atom stereocenters. The van der Waals surface area contributed by atoms with Gasteiger partial charge in [0.05, 0.1) is 23.5 Å². The number of hydrogen-bond donors (Lipinski definition) is 2. The van der Waals surface area contributed by atoms with Crippen molar-refractivity contribution >= 4 is 11.0 Å². The number of aliphatic hydroxyl groups is 1. The normalized spacial score (nSPS) is 19.5. The molecule has 1 aliphatic rings. The second-order valence-corrected chi connectivity index (χ2v) is 4.94. The van der Waals surface area contributed by atoms with Gasteiger partial charge in [-0.1, -0.05) is 6.07 Å². The zero-order chi connectivity index (χ0) is 12.0. The van der Waals surface area contributed by atoms with Gasteiger partial charge < -0.3 is 15.4 Å². The topological polar surface area (TPSA) is 64.1 Å². The van der Waals surface area contributed by atoms with Gasteiger partial charge in [-0.15, -0.1) is 0 Å². The van der Waals surface area contributed by atoms with Crippen LogP contribution in [0, 0.1) is 0 Å². The first-order valence-electron chi connectivity index (χ1n) is 6.07. The van der Waals surface area contributed by atoms with Crippen molar-refractivity contribution in [1.29, 1.82) is 0 Å². The summed E-state index contributed by atoms with van der Waals surface area (Å²) < 4.78 is 2.22. The van der Waals surface area contributed by atoms with Gasteiger partial charge in [0, 0.05) is 12.1 Å². The Labute approximate surface area is 100 Å². The van der Waals surface area contributed by atoms with E-state index in [0.29, 0.717) is 6.04 Å². The van der Waals surface area contributed by atoms with Crippen molar-refractivity contribution in [3.8, 4) is 0 Å². The fraction of sp³-hybridized carbons (Fsp3) is 0.462. The van der Waals surface area contributed by atoms with E-state index in [1.807, 2.05) is 24.5 Å². The molecule has 0 amide bonds. The van der Waals surface area contributed by atoms with Crippen molar-refractivity contribution in [1.82, 2.24) is 9.55 Å². The lowest BCUT2D eigenvalue weighted by Crippen LogP contribution is -2.24. The van der Waals surface area contributed by atoms with Gasteiger partial charge in [0.2, 0.25) is 0 Å². The van der Waals surface area contributed by atoms with Crippen molar-refractivity contribution in [2.24, 2.45) is 5.73 Å². The minimum Gasteiger partial charge on any atom is -0.387 e. The maximum Gasteiger partial charge on any atom is 0.0960 e. The molecule has 1 fully saturated rings. The van der Waals surface area contributed by atoms with Gasteiger partial charge in [0.15, 0.2) is 0 Å². The standard InChI is InChI=1S/C13H17N3O/c1-8(14)13(17)9-2-5-12-11(6-9)15-7-16(12)10-3-4-10/h2,5-8,10,13,17H,3-4,14H2,1H3. The van der Waals surface area contributed by atoms with Gasteiger partial charge in [-0.25, -0.2) is 4.98 Å². The van der Waals surface area contributed by atoms with Gasteiger partial charge in [0.1, 0.15) is 0 Å². The summed E-state index contributed by atoms with van der Waals surface area (Å²) >= 11 is 0. The van der Waals surface area contributed by atoms with Crippen LogP contribution < -0.4 is 5.73 Å². The zero-order valence-corrected chi connectivity index (χ0v) is 9.87. The Balaban J connectivity index is 2.02. The van der Waals surface area contributed by atoms with Crippen LogP contribution in [-0.2, 0) is 0 Å². The second kappa shape index (κ2) is 3.82. The molecule has 1 aliphatic carbocycles. The summed E-state index contributed by atoms with van der Waals surface area (Å²) in [7, 11) is 0. The largest absolute Gasteiger partial charge is 0.387 e. The summed E-state index contributed by atoms with van der Waals surface area (Å²) in [6.07, 6.45) is 3.76. The average Bonchev–Trinajstić information content (AvgIpc) is 3.07. The highest BCUT2D eigenvalue weighted by Gasteiger charge is 2.25. The number of fused-ring (bicyclic) bond motifs is 1. The van der Waals surface area contributed by atoms with E-state index in [9.17, 15) is 5.11 Å². The number of aromatic nitrogens is 2. The van der Waals surface area contributed by atoms with Crippen LogP contribution in [-0.4, -0.2) is 20.7 Å². The molecule has 4 heteroatoms. The van der Waals surface area contributed by atoms with Gasteiger partial charge in [-0.3, -0.25) is 0 Å². The average molecular weight is 231 g/mol. The molecular weight excluding hydrogens is 214 g/mol. The molecule has 0 aliphatic heterocycles. The Morgan fingerprint density at radius 3 is 2.88 bits per heavy atom. The Morgan fingerprint density at radius 2 is 2.24 bits per heavy atom. The first kappa shape index (κ1) is 10.7. The van der Waals surface area contributed by atoms with Crippen LogP contribution in [0.5, 0.6) is 0 Å². The molecule has 4 nitrogen and oxygen atoms in total. The highest BCUT2D eigenvalue weighted by atomic mass is 16.3. The first-order valence-corrected chi connectivity index (χ1v) is 6.07. The van der Waals surface area contributed by atoms with Gasteiger partial charge in [-0.2, -0.15) is 0 Å². The third kappa shape index (κ3) is 1.83. The highest BCUT2D eigenvalue weighted by molar-refractivity contribution is 5.76. The second-order valence-electron chi connectivity index (χ2n) is 4.94. The van der Waals surface area contributed by atoms with Crippen LogP contribution in [0.4, 0.5) is 0 Å². The zero-order valence-electron chi connectivity index (χ0n) is 9.87. The van der Waals surface area contributed by atoms with Crippen molar-refractivity contribution in [2.75, 3.05) is 0 Å². The van der Waals surface area contributed by atoms with Crippen LogP contribution >= 0.6 is 0 Å². The number of imidazole rings is 1. The SMILES string of the molecule is CC(N)C(O)c1ccc2c(c1)ncn2C1CC1. The van der Waals surface area contributed by atoms with E-state index in [1.54, 1.807) is 6.92 Å². The third-order valence-electron chi connectivity index (χ3n) is 3.38. The van der Waals surface area contributed by atoms with Gasteiger partial charge in [0.25, 0.3) is 0 Å². The van der Waals surface area contributed by atoms with Gasteiger partial charge >= 0.3 is 0 Å². The fourth-order valence-electron chi connectivity index (χ4n) is 2.18. The minimum atomic E-state index is -0.620. The number of hydrogen-bond acceptors (Lipinski definition) is 3. The Kier molecular flexibility index (Phi) is 2.42. The van der Waals surface area contributed by atoms with E-state index >= 15 is 0 Å². The van der Waals surface area contributed by atoms with Crippen molar-refractivity contribution < 1.29 is 5.11 Å². The highest BCUT2D eigenvalue weighted by Crippen LogP contribution is 2.37. The van der Waals surface area contributed by atoms with E-state index in [2.05, 4.69) is 9.55 Å². The summed E-state index contributed by atoms with van der Waals surface area (Å²) in [5.41, 5.74) is 8.63. The van der Waals surface area contributed by atoms with E-state index in [4.69, 9.17) is 5.73 Å². The van der Waals surface area contributed by atoms with Crippen LogP contribution in [0.3, 0.4) is 0 Å². The predicted molar refractivity (Wildman–Crippen MR) is 66.6 cm³/mol. The summed E-state index contributed by atoms with van der Waals surface area (Å²) in [5.74, 6) is 0. The van der Waals surface area contributed by atoms with Crippen molar-refractivity contribution in [2.45, 2.75) is 38.0 Å². The van der Waals surface area contributed by atoms with Crippen LogP contribution in [0.1, 0.15) is 37.5 Å². The lowest BCUT2D eigenvalue weighted by Gasteiger charge is -2.14. The molecule has 90 valence electrons. The summed E-state index contributed by atoms with van der Waals surface area (Å²) in [5, 5.41) is 9.93. The summed E-state index contributed by atoms with van der Waals surface area (Å²) in [6.45, 7) is 1.80. The number of nitrogens with two attached hydrogens (primary N) is 1. The molecule has 0 saturated heterocycles. The van der Waals surface area contributed by atoms with E-state index in [-0.39, 0.29) is 6.04 Å². The molecule has 1 heterocycles. The first-order chi connectivity index (χ1) is 8.16. The summed E-state index contributed by atoms with van der Waals surface area (Å²) in [4.78, 5) is 4.39. The van der Waals surface area contributed by atoms with Gasteiger partial charge in [-0.05, 0) is 37.5 Å². The fourth-order valence-corrected chi connectivity index (χ4v) is 2.18. The van der Waals surface area contributed by atoms with Crippen LogP contribution in [0.25, 0.3) is 11.0 Å². The quantitative estimate of drug-likeness (QED) is 0.846. The number of benzene rings is 1. The van der Waals surface area contributed by atoms with Crippen LogP contribution in [0.2, 0.25) is 0 Å². The maximum atomic E-state index is 9.93. The molecule has 2 aromatic rings. The maximum absolute atomic E-state index is 9.93. The molecule has 2 unspecified atom stereocenters. The molecule has 1 aromatic carbocycles. The predicted octanol–water partition coefficient (Wildman–Crippen LogP) is 1.75. The van der Waals surface area contributed by atoms with Crippen LogP contribution in [0.15, 0.2) is 24.5 Å². The lowest BCUT2D eigenvalue weighted by atomic mass is 10.0. The Bertz CT molecular complexity index is 543. The molecule has 3 rings (SSSR count). The number of rotatable bonds is 3. The van der Waals surface area contributed by atoms with E-state index in [1.165, 1.54) is 12.8 Å². The van der Waals surface area contributed by atoms with Crippen molar-refractivity contribution in [3.63, 3.8) is 0 Å². The third-order valence-corrected chi connectivity index (χ3v) is 3.38. The molecule has 3 N–H and O–H groups in total. The molecule has 1 saturated carbocycles. The van der Waals surface area contributed by atoms with Crippen molar-refractivity contribution in [3.05, 3.63) is 30.1 Å². The number of nitrogens with zero attached hydrogens (tertiary/aromatic N) is 2. The molecule has 0 bridgehead atoms. The smallest absolute Gasteiger partial charge is 0.0960 e. The summed E-state index contributed by atoms with van der Waals surface area (Å²) in [6, 6.07) is 6.27. The molecule has 0 radical (unpaired) electrons. The molecule has 17 heavy (non-hydrogen) atoms. The lowest BCUT2D eigenvalue weighted by molar-refractivity contribution is 0.153. The molecule has 1 aromatic heterocycles. The minimum absolute atomic E-state index is 0.266.